The number of unbranched alkanes of at least 4 members (excludes halogenated alkanes) is 2. The standard InChI is InChI=1S/C15H24N2O2S2/c1-3-5-11-17(12-6-4-2)21(18,19)14-9-7-13(8-10-14)15(16)20/h7-10H,3-6,11-12H2,1-2H3,(H2,16,20). The molecule has 21 heavy (non-hydrogen) atoms. The van der Waals surface area contributed by atoms with Crippen LogP contribution in [0.3, 0.4) is 0 Å². The molecule has 0 aliphatic heterocycles. The van der Waals surface area contributed by atoms with Crippen molar-refractivity contribution in [1.82, 2.24) is 4.31 Å². The number of sulfonamides is 1. The van der Waals surface area contributed by atoms with Crippen molar-refractivity contribution >= 4 is 27.2 Å². The van der Waals surface area contributed by atoms with Crippen LogP contribution in [0.4, 0.5) is 0 Å². The lowest BCUT2D eigenvalue weighted by molar-refractivity contribution is 0.395. The summed E-state index contributed by atoms with van der Waals surface area (Å²) < 4.78 is 27.0. The van der Waals surface area contributed by atoms with Crippen molar-refractivity contribution in [1.29, 1.82) is 0 Å². The number of rotatable bonds is 9. The fraction of sp³-hybridized carbons (Fsp3) is 0.533. The third-order valence-electron chi connectivity index (χ3n) is 3.30. The van der Waals surface area contributed by atoms with Crippen LogP contribution in [0, 0.1) is 0 Å². The minimum Gasteiger partial charge on any atom is -0.389 e. The second-order valence-electron chi connectivity index (χ2n) is 5.00. The molecule has 0 unspecified atom stereocenters. The van der Waals surface area contributed by atoms with Crippen LogP contribution in [-0.4, -0.2) is 30.8 Å². The molecule has 0 spiro atoms. The molecule has 118 valence electrons. The Balaban J connectivity index is 3.00. The Morgan fingerprint density at radius 3 is 1.95 bits per heavy atom. The molecular weight excluding hydrogens is 304 g/mol. The molecule has 0 heterocycles. The van der Waals surface area contributed by atoms with Gasteiger partial charge in [-0.15, -0.1) is 0 Å². The average molecular weight is 329 g/mol. The molecule has 1 aromatic rings. The van der Waals surface area contributed by atoms with E-state index in [1.54, 1.807) is 28.6 Å². The lowest BCUT2D eigenvalue weighted by atomic mass is 10.2. The minimum atomic E-state index is -3.44. The normalized spacial score (nSPS) is 11.8. The van der Waals surface area contributed by atoms with Crippen LogP contribution in [0.5, 0.6) is 0 Å². The lowest BCUT2D eigenvalue weighted by Crippen LogP contribution is -2.33. The van der Waals surface area contributed by atoms with Crippen LogP contribution in [0.1, 0.15) is 45.1 Å². The molecule has 0 aromatic heterocycles. The molecular formula is C15H24N2O2S2. The highest BCUT2D eigenvalue weighted by Crippen LogP contribution is 2.18. The summed E-state index contributed by atoms with van der Waals surface area (Å²) in [5.41, 5.74) is 6.21. The molecule has 1 aromatic carbocycles. The summed E-state index contributed by atoms with van der Waals surface area (Å²) in [6, 6.07) is 6.48. The predicted molar refractivity (Wildman–Crippen MR) is 90.9 cm³/mol. The van der Waals surface area contributed by atoms with Gasteiger partial charge >= 0.3 is 0 Å². The highest BCUT2D eigenvalue weighted by atomic mass is 32.2. The van der Waals surface area contributed by atoms with Crippen molar-refractivity contribution in [3.8, 4) is 0 Å². The van der Waals surface area contributed by atoms with Gasteiger partial charge < -0.3 is 5.73 Å². The van der Waals surface area contributed by atoms with E-state index >= 15 is 0 Å². The summed E-state index contributed by atoms with van der Waals surface area (Å²) >= 11 is 4.88. The Bertz CT molecular complexity index is 546. The van der Waals surface area contributed by atoms with E-state index in [-0.39, 0.29) is 4.99 Å². The quantitative estimate of drug-likeness (QED) is 0.708. The molecule has 0 radical (unpaired) electrons. The van der Waals surface area contributed by atoms with E-state index in [9.17, 15) is 8.42 Å². The molecule has 0 aliphatic rings. The smallest absolute Gasteiger partial charge is 0.243 e. The highest BCUT2D eigenvalue weighted by molar-refractivity contribution is 7.89. The van der Waals surface area contributed by atoms with E-state index in [4.69, 9.17) is 18.0 Å². The van der Waals surface area contributed by atoms with Gasteiger partial charge in [0.15, 0.2) is 0 Å². The molecule has 0 saturated heterocycles. The second-order valence-corrected chi connectivity index (χ2v) is 7.38. The summed E-state index contributed by atoms with van der Waals surface area (Å²) in [5.74, 6) is 0. The minimum absolute atomic E-state index is 0.271. The van der Waals surface area contributed by atoms with Crippen LogP contribution in [0.2, 0.25) is 0 Å². The van der Waals surface area contributed by atoms with Gasteiger partial charge in [-0.05, 0) is 25.0 Å². The van der Waals surface area contributed by atoms with Crippen molar-refractivity contribution in [3.05, 3.63) is 29.8 Å². The van der Waals surface area contributed by atoms with Crippen LogP contribution >= 0.6 is 12.2 Å². The Labute approximate surface area is 133 Å². The van der Waals surface area contributed by atoms with E-state index in [2.05, 4.69) is 13.8 Å². The predicted octanol–water partition coefficient (Wildman–Crippen LogP) is 2.91. The summed E-state index contributed by atoms with van der Waals surface area (Å²) in [6.07, 6.45) is 3.68. The number of hydrogen-bond donors (Lipinski definition) is 1. The highest BCUT2D eigenvalue weighted by Gasteiger charge is 2.23. The van der Waals surface area contributed by atoms with Gasteiger partial charge in [0.25, 0.3) is 0 Å². The van der Waals surface area contributed by atoms with Crippen molar-refractivity contribution in [2.45, 2.75) is 44.4 Å². The largest absolute Gasteiger partial charge is 0.389 e. The number of nitrogens with two attached hydrogens (primary N) is 1. The van der Waals surface area contributed by atoms with Crippen LogP contribution in [-0.2, 0) is 10.0 Å². The van der Waals surface area contributed by atoms with Gasteiger partial charge in [-0.1, -0.05) is 51.0 Å². The van der Waals surface area contributed by atoms with E-state index < -0.39 is 10.0 Å². The Morgan fingerprint density at radius 1 is 1.10 bits per heavy atom. The Morgan fingerprint density at radius 2 is 1.57 bits per heavy atom. The van der Waals surface area contributed by atoms with E-state index in [0.29, 0.717) is 23.5 Å². The van der Waals surface area contributed by atoms with Gasteiger partial charge in [0, 0.05) is 18.7 Å². The number of benzene rings is 1. The maximum Gasteiger partial charge on any atom is 0.243 e. The first-order valence-corrected chi connectivity index (χ1v) is 9.18. The van der Waals surface area contributed by atoms with Gasteiger partial charge in [0.2, 0.25) is 10.0 Å². The number of thiocarbonyl (C=S) groups is 1. The van der Waals surface area contributed by atoms with Crippen molar-refractivity contribution < 1.29 is 8.42 Å². The van der Waals surface area contributed by atoms with Crippen LogP contribution in [0.15, 0.2) is 29.2 Å². The first kappa shape index (κ1) is 18.1. The van der Waals surface area contributed by atoms with Gasteiger partial charge in [0.05, 0.1) is 4.90 Å². The maximum atomic E-state index is 12.7. The average Bonchev–Trinajstić information content (AvgIpc) is 2.47. The molecule has 1 rings (SSSR count). The van der Waals surface area contributed by atoms with Crippen LogP contribution in [0.25, 0.3) is 0 Å². The van der Waals surface area contributed by atoms with E-state index in [0.717, 1.165) is 25.7 Å². The molecule has 4 nitrogen and oxygen atoms in total. The molecule has 0 fully saturated rings. The first-order valence-electron chi connectivity index (χ1n) is 7.33. The summed E-state index contributed by atoms with van der Waals surface area (Å²) in [6.45, 7) is 5.25. The second kappa shape index (κ2) is 8.46. The molecule has 6 heteroatoms. The van der Waals surface area contributed by atoms with Crippen molar-refractivity contribution in [2.75, 3.05) is 13.1 Å². The molecule has 0 aliphatic carbocycles. The number of nitrogens with zero attached hydrogens (tertiary/aromatic N) is 1. The van der Waals surface area contributed by atoms with Gasteiger partial charge in [-0.3, -0.25) is 0 Å². The van der Waals surface area contributed by atoms with Crippen molar-refractivity contribution in [2.24, 2.45) is 5.73 Å². The molecule has 0 atom stereocenters. The maximum absolute atomic E-state index is 12.7. The monoisotopic (exact) mass is 328 g/mol. The SMILES string of the molecule is CCCCN(CCCC)S(=O)(=O)c1ccc(C(N)=S)cc1. The molecule has 0 amide bonds. The third kappa shape index (κ3) is 5.05. The third-order valence-corrected chi connectivity index (χ3v) is 5.45. The first-order chi connectivity index (χ1) is 9.93. The number of hydrogen-bond acceptors (Lipinski definition) is 3. The fourth-order valence-corrected chi connectivity index (χ4v) is 3.61. The zero-order chi connectivity index (χ0) is 15.9. The Hall–Kier alpha value is -0.980. The fourth-order valence-electron chi connectivity index (χ4n) is 1.96. The summed E-state index contributed by atoms with van der Waals surface area (Å²) in [7, 11) is -3.44. The van der Waals surface area contributed by atoms with E-state index in [1.165, 1.54) is 0 Å². The zero-order valence-corrected chi connectivity index (χ0v) is 14.3. The molecule has 0 bridgehead atoms. The zero-order valence-electron chi connectivity index (χ0n) is 12.7. The molecule has 0 saturated carbocycles. The topological polar surface area (TPSA) is 63.4 Å². The van der Waals surface area contributed by atoms with Crippen LogP contribution < -0.4 is 5.73 Å². The lowest BCUT2D eigenvalue weighted by Gasteiger charge is -2.22. The van der Waals surface area contributed by atoms with Gasteiger partial charge in [-0.2, -0.15) is 4.31 Å². The van der Waals surface area contributed by atoms with E-state index in [1.807, 2.05) is 0 Å². The summed E-state index contributed by atoms with van der Waals surface area (Å²) in [4.78, 5) is 0.572. The van der Waals surface area contributed by atoms with Gasteiger partial charge in [-0.25, -0.2) is 8.42 Å². The summed E-state index contributed by atoms with van der Waals surface area (Å²) in [5, 5.41) is 0. The van der Waals surface area contributed by atoms with Crippen molar-refractivity contribution in [3.63, 3.8) is 0 Å². The molecule has 2 N–H and O–H groups in total. The Kier molecular flexibility index (Phi) is 7.28. The van der Waals surface area contributed by atoms with Gasteiger partial charge in [0.1, 0.15) is 4.99 Å².